The summed E-state index contributed by atoms with van der Waals surface area (Å²) >= 11 is 1.40. The molecular formula is C21H24N7OS+. The number of rotatable bonds is 5. The maximum Gasteiger partial charge on any atom is 0.315 e. The van der Waals surface area contributed by atoms with Crippen molar-refractivity contribution in [3.63, 3.8) is 0 Å². The average Bonchev–Trinajstić information content (AvgIpc) is 3.46. The van der Waals surface area contributed by atoms with Crippen molar-refractivity contribution in [3.8, 4) is 6.07 Å². The lowest BCUT2D eigenvalue weighted by Gasteiger charge is -2.22. The molecule has 0 aromatic carbocycles. The van der Waals surface area contributed by atoms with Crippen molar-refractivity contribution in [2.75, 3.05) is 41.7 Å². The van der Waals surface area contributed by atoms with Gasteiger partial charge in [-0.25, -0.2) is 9.83 Å². The minimum atomic E-state index is 0.162. The predicted octanol–water partition coefficient (Wildman–Crippen LogP) is 3.10. The van der Waals surface area contributed by atoms with Crippen LogP contribution in [0.15, 0.2) is 23.4 Å². The lowest BCUT2D eigenvalue weighted by Crippen LogP contribution is -2.39. The standard InChI is InChI=1S/C21H24N7OS/c1-24-18-19(27-10-4-5-11-27)16(12-22)21(25-20(18)23)30-14-15-6-7-17(28(29)13-15)26-8-2-3-9-26/h6-7,13,29H,2-5,8-11,14H2,(H2,23,25)/q+1. The zero-order valence-electron chi connectivity index (χ0n) is 16.7. The second-order valence-corrected chi connectivity index (χ2v) is 8.48. The molecule has 0 spiro atoms. The number of nitrogen functional groups attached to an aromatic ring is 1. The van der Waals surface area contributed by atoms with E-state index in [0.717, 1.165) is 63.2 Å². The van der Waals surface area contributed by atoms with Crippen LogP contribution >= 0.6 is 11.8 Å². The normalized spacial score (nSPS) is 15.9. The second kappa shape index (κ2) is 8.68. The van der Waals surface area contributed by atoms with Crippen LogP contribution < -0.4 is 20.3 Å². The van der Waals surface area contributed by atoms with Gasteiger partial charge in [-0.05, 0) is 31.7 Å². The fourth-order valence-corrected chi connectivity index (χ4v) is 5.00. The molecule has 3 N–H and O–H groups in total. The topological polar surface area (TPSA) is 97.6 Å². The summed E-state index contributed by atoms with van der Waals surface area (Å²) in [5, 5.41) is 20.8. The third-order valence-electron chi connectivity index (χ3n) is 5.56. The van der Waals surface area contributed by atoms with Gasteiger partial charge in [-0.15, -0.1) is 11.8 Å². The van der Waals surface area contributed by atoms with Crippen molar-refractivity contribution < 1.29 is 9.94 Å². The molecule has 0 aliphatic carbocycles. The van der Waals surface area contributed by atoms with E-state index in [1.165, 1.54) is 16.5 Å². The Morgan fingerprint density at radius 3 is 2.47 bits per heavy atom. The van der Waals surface area contributed by atoms with E-state index in [1.807, 2.05) is 12.1 Å². The summed E-state index contributed by atoms with van der Waals surface area (Å²) in [7, 11) is 0. The Labute approximate surface area is 180 Å². The van der Waals surface area contributed by atoms with Crippen LogP contribution in [0.3, 0.4) is 0 Å². The van der Waals surface area contributed by atoms with E-state index in [2.05, 4.69) is 25.7 Å². The molecule has 30 heavy (non-hydrogen) atoms. The van der Waals surface area contributed by atoms with Gasteiger partial charge in [-0.3, -0.25) is 4.90 Å². The van der Waals surface area contributed by atoms with Crippen LogP contribution in [0.25, 0.3) is 4.85 Å². The number of nitrogens with two attached hydrogens (primary N) is 1. The van der Waals surface area contributed by atoms with Crippen LogP contribution in [-0.2, 0) is 5.75 Å². The van der Waals surface area contributed by atoms with Crippen LogP contribution in [0.4, 0.5) is 23.0 Å². The average molecular weight is 423 g/mol. The Balaban J connectivity index is 1.60. The lowest BCUT2D eigenvalue weighted by atomic mass is 10.2. The summed E-state index contributed by atoms with van der Waals surface area (Å²) < 4.78 is 1.17. The molecule has 154 valence electrons. The smallest absolute Gasteiger partial charge is 0.315 e. The molecule has 0 atom stereocenters. The van der Waals surface area contributed by atoms with Gasteiger partial charge in [0, 0.05) is 30.5 Å². The Kier molecular flexibility index (Phi) is 5.82. The van der Waals surface area contributed by atoms with Gasteiger partial charge in [0.25, 0.3) is 5.69 Å². The van der Waals surface area contributed by atoms with Crippen molar-refractivity contribution in [3.05, 3.63) is 40.9 Å². The molecule has 0 unspecified atom stereocenters. The molecule has 0 radical (unpaired) electrons. The van der Waals surface area contributed by atoms with Crippen LogP contribution in [0.2, 0.25) is 0 Å². The van der Waals surface area contributed by atoms with Gasteiger partial charge in [0.05, 0.1) is 30.9 Å². The number of aromatic nitrogens is 2. The largest absolute Gasteiger partial charge is 0.392 e. The summed E-state index contributed by atoms with van der Waals surface area (Å²) in [5.74, 6) is 1.48. The summed E-state index contributed by atoms with van der Waals surface area (Å²) in [4.78, 5) is 12.2. The summed E-state index contributed by atoms with van der Waals surface area (Å²) in [5.41, 5.74) is 8.28. The molecule has 4 rings (SSSR count). The van der Waals surface area contributed by atoms with E-state index >= 15 is 0 Å². The Bertz CT molecular complexity index is 1030. The van der Waals surface area contributed by atoms with Gasteiger partial charge in [0.2, 0.25) is 0 Å². The molecule has 9 heteroatoms. The van der Waals surface area contributed by atoms with E-state index < -0.39 is 0 Å². The van der Waals surface area contributed by atoms with Crippen LogP contribution in [0.1, 0.15) is 36.8 Å². The SMILES string of the molecule is [C-]#[N+]c1c(N)nc(SCc2ccc(N3CCCC3)[n+](O)c2)c(C#N)c1N1CCCC1. The predicted molar refractivity (Wildman–Crippen MR) is 116 cm³/mol. The minimum absolute atomic E-state index is 0.162. The molecule has 0 bridgehead atoms. The fraction of sp³-hybridized carbons (Fsp3) is 0.429. The maximum atomic E-state index is 10.4. The first-order valence-corrected chi connectivity index (χ1v) is 11.1. The van der Waals surface area contributed by atoms with Gasteiger partial charge in [-0.1, -0.05) is 4.73 Å². The number of nitrogens with zero attached hydrogens (tertiary/aromatic N) is 6. The highest BCUT2D eigenvalue weighted by Crippen LogP contribution is 2.42. The Hall–Kier alpha value is -3.17. The summed E-state index contributed by atoms with van der Waals surface area (Å²) in [6, 6.07) is 6.16. The van der Waals surface area contributed by atoms with Crippen molar-refractivity contribution in [2.45, 2.75) is 36.5 Å². The first-order valence-electron chi connectivity index (χ1n) is 10.1. The Morgan fingerprint density at radius 2 is 1.87 bits per heavy atom. The molecule has 4 heterocycles. The van der Waals surface area contributed by atoms with Gasteiger partial charge in [0.15, 0.2) is 0 Å². The van der Waals surface area contributed by atoms with Crippen LogP contribution in [0.5, 0.6) is 0 Å². The second-order valence-electron chi connectivity index (χ2n) is 7.52. The number of pyridine rings is 2. The molecule has 2 fully saturated rings. The van der Waals surface area contributed by atoms with E-state index in [4.69, 9.17) is 12.3 Å². The molecule has 2 aromatic heterocycles. The van der Waals surface area contributed by atoms with Crippen molar-refractivity contribution in [1.29, 1.82) is 5.26 Å². The molecule has 8 nitrogen and oxygen atoms in total. The number of hydrogen-bond donors (Lipinski definition) is 2. The summed E-state index contributed by atoms with van der Waals surface area (Å²) in [6.07, 6.45) is 6.05. The monoisotopic (exact) mass is 422 g/mol. The number of thioether (sulfide) groups is 1. The van der Waals surface area contributed by atoms with E-state index in [1.54, 1.807) is 6.20 Å². The van der Waals surface area contributed by atoms with Crippen molar-refractivity contribution in [2.24, 2.45) is 0 Å². The number of hydrogen-bond acceptors (Lipinski definition) is 7. The molecule has 2 aliphatic heterocycles. The molecule has 0 amide bonds. The van der Waals surface area contributed by atoms with E-state index in [9.17, 15) is 10.5 Å². The quantitative estimate of drug-likeness (QED) is 0.331. The highest BCUT2D eigenvalue weighted by Gasteiger charge is 2.26. The highest BCUT2D eigenvalue weighted by atomic mass is 32.2. The zero-order valence-corrected chi connectivity index (χ0v) is 17.5. The maximum absolute atomic E-state index is 10.4. The first kappa shape index (κ1) is 20.1. The highest BCUT2D eigenvalue weighted by molar-refractivity contribution is 7.98. The van der Waals surface area contributed by atoms with Gasteiger partial charge in [0.1, 0.15) is 23.1 Å². The van der Waals surface area contributed by atoms with Crippen LogP contribution in [-0.4, -0.2) is 36.4 Å². The van der Waals surface area contributed by atoms with Gasteiger partial charge >= 0.3 is 5.82 Å². The van der Waals surface area contributed by atoms with Gasteiger partial charge < -0.3 is 15.8 Å². The fourth-order valence-electron chi connectivity index (χ4n) is 4.08. The third-order valence-corrected chi connectivity index (χ3v) is 6.61. The number of anilines is 3. The minimum Gasteiger partial charge on any atom is -0.392 e. The number of nitriles is 1. The molecule has 2 saturated heterocycles. The van der Waals surface area contributed by atoms with Crippen molar-refractivity contribution in [1.82, 2.24) is 4.98 Å². The lowest BCUT2D eigenvalue weighted by molar-refractivity contribution is -0.894. The zero-order chi connectivity index (χ0) is 21.1. The van der Waals surface area contributed by atoms with Crippen molar-refractivity contribution >= 4 is 34.8 Å². The molecule has 0 saturated carbocycles. The Morgan fingerprint density at radius 1 is 1.20 bits per heavy atom. The summed E-state index contributed by atoms with van der Waals surface area (Å²) in [6.45, 7) is 11.0. The van der Waals surface area contributed by atoms with Crippen LogP contribution in [0, 0.1) is 17.9 Å². The van der Waals surface area contributed by atoms with E-state index in [0.29, 0.717) is 22.0 Å². The third kappa shape index (κ3) is 3.81. The molecular weight excluding hydrogens is 398 g/mol. The molecule has 2 aliphatic rings. The first-order chi connectivity index (χ1) is 14.6. The van der Waals surface area contributed by atoms with E-state index in [-0.39, 0.29) is 11.5 Å². The molecule has 2 aromatic rings. The van der Waals surface area contributed by atoms with Gasteiger partial charge in [-0.2, -0.15) is 5.26 Å².